The minimum absolute atomic E-state index is 0.735. The van der Waals surface area contributed by atoms with Gasteiger partial charge in [0.25, 0.3) is 0 Å². The number of hydrogen-bond acceptors (Lipinski definition) is 4. The molecule has 1 aromatic carbocycles. The molecular formula is C17H20N4O. The summed E-state index contributed by atoms with van der Waals surface area (Å²) in [5, 5.41) is 7.98. The van der Waals surface area contributed by atoms with Gasteiger partial charge in [-0.1, -0.05) is 12.1 Å². The first-order chi connectivity index (χ1) is 10.7. The van der Waals surface area contributed by atoms with E-state index in [0.717, 1.165) is 47.5 Å². The highest BCUT2D eigenvalue weighted by atomic mass is 16.5. The van der Waals surface area contributed by atoms with Crippen LogP contribution in [0, 0.1) is 0 Å². The first-order valence-corrected chi connectivity index (χ1v) is 7.40. The van der Waals surface area contributed by atoms with Crippen LogP contribution in [-0.2, 0) is 0 Å². The van der Waals surface area contributed by atoms with Crippen molar-refractivity contribution >= 4 is 11.0 Å². The number of hydrogen-bond donors (Lipinski definition) is 1. The predicted octanol–water partition coefficient (Wildman–Crippen LogP) is 2.96. The zero-order valence-electron chi connectivity index (χ0n) is 12.9. The smallest absolute Gasteiger partial charge is 0.155 e. The number of fused-ring (bicyclic) bond motifs is 1. The molecule has 0 radical (unpaired) electrons. The van der Waals surface area contributed by atoms with E-state index in [4.69, 9.17) is 4.74 Å². The van der Waals surface area contributed by atoms with Gasteiger partial charge in [-0.25, -0.2) is 4.98 Å². The highest BCUT2D eigenvalue weighted by molar-refractivity contribution is 5.91. The summed E-state index contributed by atoms with van der Waals surface area (Å²) < 4.78 is 5.76. The maximum Gasteiger partial charge on any atom is 0.155 e. The summed E-state index contributed by atoms with van der Waals surface area (Å²) in [6.45, 7) is 1.77. The standard InChI is InChI=1S/C17H20N4O/c1-21(2)10-3-11-22-14-6-4-13(5-7-14)15-8-9-18-17-16(15)12-19-20-17/h4-9,12H,3,10-11H2,1-2H3,(H,18,19,20). The van der Waals surface area contributed by atoms with Gasteiger partial charge in [0, 0.05) is 18.1 Å². The third kappa shape index (κ3) is 3.26. The zero-order valence-corrected chi connectivity index (χ0v) is 12.9. The van der Waals surface area contributed by atoms with E-state index in [0.29, 0.717) is 0 Å². The maximum absolute atomic E-state index is 5.76. The number of H-pyrrole nitrogens is 1. The summed E-state index contributed by atoms with van der Waals surface area (Å²) >= 11 is 0. The van der Waals surface area contributed by atoms with E-state index < -0.39 is 0 Å². The monoisotopic (exact) mass is 296 g/mol. The summed E-state index contributed by atoms with van der Waals surface area (Å²) in [4.78, 5) is 6.42. The summed E-state index contributed by atoms with van der Waals surface area (Å²) in [6.07, 6.45) is 4.62. The molecular weight excluding hydrogens is 276 g/mol. The Bertz CT molecular complexity index is 734. The fraction of sp³-hybridized carbons (Fsp3) is 0.294. The van der Waals surface area contributed by atoms with E-state index in [-0.39, 0.29) is 0 Å². The van der Waals surface area contributed by atoms with Gasteiger partial charge in [-0.3, -0.25) is 5.10 Å². The molecule has 3 aromatic rings. The predicted molar refractivity (Wildman–Crippen MR) is 88.0 cm³/mol. The van der Waals surface area contributed by atoms with E-state index in [9.17, 15) is 0 Å². The molecule has 0 fully saturated rings. The Kier molecular flexibility index (Phi) is 4.34. The third-order valence-corrected chi connectivity index (χ3v) is 3.54. The molecule has 2 aromatic heterocycles. The molecule has 22 heavy (non-hydrogen) atoms. The molecule has 0 saturated heterocycles. The number of nitrogens with one attached hydrogen (secondary N) is 1. The Morgan fingerprint density at radius 1 is 1.14 bits per heavy atom. The summed E-state index contributed by atoms with van der Waals surface area (Å²) in [7, 11) is 4.14. The van der Waals surface area contributed by atoms with Crippen LogP contribution >= 0.6 is 0 Å². The third-order valence-electron chi connectivity index (χ3n) is 3.54. The quantitative estimate of drug-likeness (QED) is 0.711. The molecule has 5 nitrogen and oxygen atoms in total. The van der Waals surface area contributed by atoms with Gasteiger partial charge in [-0.05, 0) is 49.8 Å². The molecule has 0 amide bonds. The van der Waals surface area contributed by atoms with Gasteiger partial charge in [0.2, 0.25) is 0 Å². The van der Waals surface area contributed by atoms with Crippen LogP contribution in [0.2, 0.25) is 0 Å². The molecule has 0 spiro atoms. The molecule has 0 bridgehead atoms. The summed E-state index contributed by atoms with van der Waals surface area (Å²) in [5.74, 6) is 0.903. The van der Waals surface area contributed by atoms with Crippen molar-refractivity contribution in [3.05, 3.63) is 42.7 Å². The van der Waals surface area contributed by atoms with Crippen molar-refractivity contribution in [2.75, 3.05) is 27.2 Å². The minimum Gasteiger partial charge on any atom is -0.494 e. The zero-order chi connectivity index (χ0) is 15.4. The van der Waals surface area contributed by atoms with Crippen LogP contribution in [-0.4, -0.2) is 47.3 Å². The molecule has 0 saturated carbocycles. The average Bonchev–Trinajstić information content (AvgIpc) is 3.00. The van der Waals surface area contributed by atoms with Crippen molar-refractivity contribution in [2.45, 2.75) is 6.42 Å². The largest absolute Gasteiger partial charge is 0.494 e. The van der Waals surface area contributed by atoms with Gasteiger partial charge in [-0.2, -0.15) is 5.10 Å². The van der Waals surface area contributed by atoms with E-state index >= 15 is 0 Å². The normalized spacial score (nSPS) is 11.2. The second-order valence-corrected chi connectivity index (χ2v) is 5.52. The number of ether oxygens (including phenoxy) is 1. The second-order valence-electron chi connectivity index (χ2n) is 5.52. The first kappa shape index (κ1) is 14.5. The van der Waals surface area contributed by atoms with Gasteiger partial charge in [0.1, 0.15) is 5.75 Å². The van der Waals surface area contributed by atoms with Gasteiger partial charge in [0.05, 0.1) is 12.8 Å². The van der Waals surface area contributed by atoms with Crippen molar-refractivity contribution in [3.63, 3.8) is 0 Å². The number of aromatic nitrogens is 3. The Balaban J connectivity index is 1.70. The Morgan fingerprint density at radius 2 is 1.95 bits per heavy atom. The van der Waals surface area contributed by atoms with Crippen molar-refractivity contribution < 1.29 is 4.74 Å². The summed E-state index contributed by atoms with van der Waals surface area (Å²) in [5.41, 5.74) is 3.06. The van der Waals surface area contributed by atoms with Gasteiger partial charge >= 0.3 is 0 Å². The van der Waals surface area contributed by atoms with Crippen LogP contribution in [0.3, 0.4) is 0 Å². The number of aromatic amines is 1. The molecule has 0 aliphatic rings. The molecule has 114 valence electrons. The fourth-order valence-corrected chi connectivity index (χ4v) is 2.40. The molecule has 0 unspecified atom stereocenters. The Hall–Kier alpha value is -2.40. The van der Waals surface area contributed by atoms with E-state index in [1.807, 2.05) is 24.4 Å². The SMILES string of the molecule is CN(C)CCCOc1ccc(-c2ccnc3[nH]ncc23)cc1. The van der Waals surface area contributed by atoms with Gasteiger partial charge in [0.15, 0.2) is 5.65 Å². The van der Waals surface area contributed by atoms with Crippen LogP contribution in [0.5, 0.6) is 5.75 Å². The number of rotatable bonds is 6. The van der Waals surface area contributed by atoms with E-state index in [1.165, 1.54) is 0 Å². The van der Waals surface area contributed by atoms with Crippen molar-refractivity contribution in [1.29, 1.82) is 0 Å². The average molecular weight is 296 g/mol. The van der Waals surface area contributed by atoms with Crippen LogP contribution in [0.1, 0.15) is 6.42 Å². The minimum atomic E-state index is 0.735. The van der Waals surface area contributed by atoms with Crippen LogP contribution < -0.4 is 4.74 Å². The van der Waals surface area contributed by atoms with Gasteiger partial charge < -0.3 is 9.64 Å². The highest BCUT2D eigenvalue weighted by Crippen LogP contribution is 2.27. The number of pyridine rings is 1. The maximum atomic E-state index is 5.76. The van der Waals surface area contributed by atoms with Gasteiger partial charge in [-0.15, -0.1) is 0 Å². The van der Waals surface area contributed by atoms with Crippen molar-refractivity contribution in [1.82, 2.24) is 20.1 Å². The summed E-state index contributed by atoms with van der Waals surface area (Å²) in [6, 6.07) is 10.2. The van der Waals surface area contributed by atoms with E-state index in [1.54, 1.807) is 6.20 Å². The molecule has 5 heteroatoms. The molecule has 1 N–H and O–H groups in total. The van der Waals surface area contributed by atoms with E-state index in [2.05, 4.69) is 46.3 Å². The second kappa shape index (κ2) is 6.58. The van der Waals surface area contributed by atoms with Crippen molar-refractivity contribution in [3.8, 4) is 16.9 Å². The number of benzene rings is 1. The Labute approximate surface area is 129 Å². The Morgan fingerprint density at radius 3 is 2.73 bits per heavy atom. The molecule has 0 atom stereocenters. The molecule has 2 heterocycles. The molecule has 0 aliphatic heterocycles. The molecule has 0 aliphatic carbocycles. The van der Waals surface area contributed by atoms with Crippen LogP contribution in [0.25, 0.3) is 22.2 Å². The fourth-order valence-electron chi connectivity index (χ4n) is 2.40. The lowest BCUT2D eigenvalue weighted by Gasteiger charge is -2.11. The topological polar surface area (TPSA) is 54.0 Å². The van der Waals surface area contributed by atoms with Crippen molar-refractivity contribution in [2.24, 2.45) is 0 Å². The number of nitrogens with zero attached hydrogens (tertiary/aromatic N) is 3. The van der Waals surface area contributed by atoms with Crippen LogP contribution in [0.15, 0.2) is 42.7 Å². The lowest BCUT2D eigenvalue weighted by molar-refractivity contribution is 0.281. The van der Waals surface area contributed by atoms with Crippen LogP contribution in [0.4, 0.5) is 0 Å². The lowest BCUT2D eigenvalue weighted by Crippen LogP contribution is -2.15. The highest BCUT2D eigenvalue weighted by Gasteiger charge is 2.06. The molecule has 3 rings (SSSR count). The first-order valence-electron chi connectivity index (χ1n) is 7.40. The lowest BCUT2D eigenvalue weighted by atomic mass is 10.0.